The van der Waals surface area contributed by atoms with Gasteiger partial charge in [0.05, 0.1) is 0 Å². The normalized spacial score (nSPS) is 12.3. The highest BCUT2D eigenvalue weighted by molar-refractivity contribution is 5.80. The molecule has 0 radical (unpaired) electrons. The Balaban J connectivity index is 2.68. The first-order chi connectivity index (χ1) is 8.04. The van der Waals surface area contributed by atoms with Crippen molar-refractivity contribution in [3.8, 4) is 5.75 Å². The molecule has 0 fully saturated rings. The average Bonchev–Trinajstić information content (AvgIpc) is 2.29. The van der Waals surface area contributed by atoms with Crippen LogP contribution in [0.5, 0.6) is 5.75 Å². The Morgan fingerprint density at radius 3 is 2.65 bits per heavy atom. The fraction of sp³-hybridized carbons (Fsp3) is 0.500. The molecule has 0 spiro atoms. The van der Waals surface area contributed by atoms with Crippen molar-refractivity contribution in [2.24, 2.45) is 0 Å². The van der Waals surface area contributed by atoms with Crippen molar-refractivity contribution < 1.29 is 9.53 Å². The standard InChI is InChI=1S/C14H21NO2/c1-5-15-14(16)11(4)17-13-8-6-7-12(9-13)10(2)3/h6-11H,5H2,1-4H3,(H,15,16)/t11-/m1/s1. The van der Waals surface area contributed by atoms with Crippen molar-refractivity contribution in [2.75, 3.05) is 6.54 Å². The maximum absolute atomic E-state index is 11.5. The number of ether oxygens (including phenoxy) is 1. The predicted octanol–water partition coefficient (Wildman–Crippen LogP) is 2.71. The molecule has 94 valence electrons. The lowest BCUT2D eigenvalue weighted by Gasteiger charge is -2.15. The molecular formula is C14H21NO2. The fourth-order valence-electron chi connectivity index (χ4n) is 1.52. The minimum Gasteiger partial charge on any atom is -0.481 e. The lowest BCUT2D eigenvalue weighted by molar-refractivity contribution is -0.127. The van der Waals surface area contributed by atoms with Gasteiger partial charge in [-0.15, -0.1) is 0 Å². The number of hydrogen-bond donors (Lipinski definition) is 1. The van der Waals surface area contributed by atoms with E-state index in [9.17, 15) is 4.79 Å². The van der Waals surface area contributed by atoms with Crippen molar-refractivity contribution in [3.63, 3.8) is 0 Å². The highest BCUT2D eigenvalue weighted by atomic mass is 16.5. The Bertz CT molecular complexity index is 374. The summed E-state index contributed by atoms with van der Waals surface area (Å²) in [6.07, 6.45) is -0.461. The number of benzene rings is 1. The van der Waals surface area contributed by atoms with Crippen molar-refractivity contribution in [1.82, 2.24) is 5.32 Å². The number of amides is 1. The largest absolute Gasteiger partial charge is 0.481 e. The zero-order valence-electron chi connectivity index (χ0n) is 11.0. The van der Waals surface area contributed by atoms with Crippen LogP contribution in [-0.4, -0.2) is 18.6 Å². The van der Waals surface area contributed by atoms with Crippen molar-refractivity contribution >= 4 is 5.91 Å². The van der Waals surface area contributed by atoms with Gasteiger partial charge in [0.25, 0.3) is 5.91 Å². The third kappa shape index (κ3) is 4.10. The molecule has 0 aliphatic rings. The van der Waals surface area contributed by atoms with Gasteiger partial charge in [-0.1, -0.05) is 26.0 Å². The second-order valence-electron chi connectivity index (χ2n) is 4.38. The third-order valence-corrected chi connectivity index (χ3v) is 2.56. The lowest BCUT2D eigenvalue weighted by atomic mass is 10.0. The van der Waals surface area contributed by atoms with E-state index in [-0.39, 0.29) is 5.91 Å². The van der Waals surface area contributed by atoms with Crippen LogP contribution in [0.15, 0.2) is 24.3 Å². The summed E-state index contributed by atoms with van der Waals surface area (Å²) < 4.78 is 5.61. The molecule has 1 rings (SSSR count). The molecule has 0 bridgehead atoms. The molecule has 3 heteroatoms. The predicted molar refractivity (Wildman–Crippen MR) is 69.3 cm³/mol. The number of carbonyl (C=O) groups is 1. The number of nitrogens with one attached hydrogen (secondary N) is 1. The summed E-state index contributed by atoms with van der Waals surface area (Å²) in [5.74, 6) is 1.12. The molecule has 0 aromatic heterocycles. The van der Waals surface area contributed by atoms with E-state index in [1.54, 1.807) is 6.92 Å². The van der Waals surface area contributed by atoms with Crippen molar-refractivity contribution in [2.45, 2.75) is 39.7 Å². The fourth-order valence-corrected chi connectivity index (χ4v) is 1.52. The summed E-state index contributed by atoms with van der Waals surface area (Å²) >= 11 is 0. The smallest absolute Gasteiger partial charge is 0.260 e. The first kappa shape index (κ1) is 13.6. The van der Waals surface area contributed by atoms with Crippen LogP contribution in [0.2, 0.25) is 0 Å². The first-order valence-electron chi connectivity index (χ1n) is 6.09. The van der Waals surface area contributed by atoms with E-state index in [1.165, 1.54) is 5.56 Å². The van der Waals surface area contributed by atoms with Crippen LogP contribution in [0, 0.1) is 0 Å². The second kappa shape index (κ2) is 6.28. The molecule has 1 aromatic rings. The molecule has 0 saturated carbocycles. The number of carbonyl (C=O) groups excluding carboxylic acids is 1. The summed E-state index contributed by atoms with van der Waals surface area (Å²) in [4.78, 5) is 11.5. The van der Waals surface area contributed by atoms with Gasteiger partial charge >= 0.3 is 0 Å². The highest BCUT2D eigenvalue weighted by Crippen LogP contribution is 2.20. The highest BCUT2D eigenvalue weighted by Gasteiger charge is 2.13. The number of likely N-dealkylation sites (N-methyl/N-ethyl adjacent to an activating group) is 1. The van der Waals surface area contributed by atoms with Gasteiger partial charge in [-0.3, -0.25) is 4.79 Å². The zero-order valence-corrected chi connectivity index (χ0v) is 11.0. The van der Waals surface area contributed by atoms with E-state index >= 15 is 0 Å². The molecule has 17 heavy (non-hydrogen) atoms. The minimum atomic E-state index is -0.461. The minimum absolute atomic E-state index is 0.0811. The molecule has 0 aliphatic heterocycles. The summed E-state index contributed by atoms with van der Waals surface area (Å²) in [7, 11) is 0. The zero-order chi connectivity index (χ0) is 12.8. The van der Waals surface area contributed by atoms with Crippen LogP contribution in [-0.2, 0) is 4.79 Å². The summed E-state index contributed by atoms with van der Waals surface area (Å²) in [6.45, 7) is 8.54. The quantitative estimate of drug-likeness (QED) is 0.852. The van der Waals surface area contributed by atoms with Crippen LogP contribution in [0.4, 0.5) is 0 Å². The Hall–Kier alpha value is -1.51. The van der Waals surface area contributed by atoms with E-state index in [2.05, 4.69) is 25.2 Å². The van der Waals surface area contributed by atoms with Crippen LogP contribution >= 0.6 is 0 Å². The first-order valence-corrected chi connectivity index (χ1v) is 6.09. The van der Waals surface area contributed by atoms with Gasteiger partial charge in [0.15, 0.2) is 6.10 Å². The lowest BCUT2D eigenvalue weighted by Crippen LogP contribution is -2.36. The Morgan fingerprint density at radius 1 is 1.35 bits per heavy atom. The topological polar surface area (TPSA) is 38.3 Å². The molecule has 1 aromatic carbocycles. The summed E-state index contributed by atoms with van der Waals surface area (Å²) in [5, 5.41) is 2.74. The van der Waals surface area contributed by atoms with Crippen LogP contribution in [0.3, 0.4) is 0 Å². The van der Waals surface area contributed by atoms with Gasteiger partial charge in [-0.25, -0.2) is 0 Å². The molecule has 0 unspecified atom stereocenters. The van der Waals surface area contributed by atoms with Crippen LogP contribution in [0.1, 0.15) is 39.2 Å². The molecule has 1 N–H and O–H groups in total. The molecule has 1 atom stereocenters. The Labute approximate surface area is 103 Å². The van der Waals surface area contributed by atoms with E-state index in [0.29, 0.717) is 12.5 Å². The van der Waals surface area contributed by atoms with Gasteiger partial charge in [-0.2, -0.15) is 0 Å². The van der Waals surface area contributed by atoms with E-state index < -0.39 is 6.10 Å². The summed E-state index contributed by atoms with van der Waals surface area (Å²) in [5.41, 5.74) is 1.21. The molecule has 0 aliphatic carbocycles. The Morgan fingerprint density at radius 2 is 2.06 bits per heavy atom. The molecule has 1 amide bonds. The SMILES string of the molecule is CCNC(=O)[C@@H](C)Oc1cccc(C(C)C)c1. The molecule has 0 saturated heterocycles. The number of hydrogen-bond acceptors (Lipinski definition) is 2. The maximum atomic E-state index is 11.5. The van der Waals surface area contributed by atoms with Crippen molar-refractivity contribution in [1.29, 1.82) is 0 Å². The third-order valence-electron chi connectivity index (χ3n) is 2.56. The molecular weight excluding hydrogens is 214 g/mol. The van der Waals surface area contributed by atoms with Crippen molar-refractivity contribution in [3.05, 3.63) is 29.8 Å². The van der Waals surface area contributed by atoms with E-state index in [4.69, 9.17) is 4.74 Å². The van der Waals surface area contributed by atoms with Gasteiger partial charge in [-0.05, 0) is 37.5 Å². The van der Waals surface area contributed by atoms with Gasteiger partial charge in [0.1, 0.15) is 5.75 Å². The summed E-state index contributed by atoms with van der Waals surface area (Å²) in [6, 6.07) is 7.88. The molecule has 3 nitrogen and oxygen atoms in total. The molecule has 0 heterocycles. The average molecular weight is 235 g/mol. The maximum Gasteiger partial charge on any atom is 0.260 e. The van der Waals surface area contributed by atoms with E-state index in [1.807, 2.05) is 25.1 Å². The Kier molecular flexibility index (Phi) is 5.01. The monoisotopic (exact) mass is 235 g/mol. The van der Waals surface area contributed by atoms with Crippen LogP contribution in [0.25, 0.3) is 0 Å². The van der Waals surface area contributed by atoms with E-state index in [0.717, 1.165) is 5.75 Å². The van der Waals surface area contributed by atoms with Gasteiger partial charge in [0.2, 0.25) is 0 Å². The van der Waals surface area contributed by atoms with Gasteiger partial charge in [0, 0.05) is 6.54 Å². The van der Waals surface area contributed by atoms with Crippen LogP contribution < -0.4 is 10.1 Å². The van der Waals surface area contributed by atoms with Gasteiger partial charge < -0.3 is 10.1 Å². The second-order valence-corrected chi connectivity index (χ2v) is 4.38. The number of rotatable bonds is 5.